The lowest BCUT2D eigenvalue weighted by molar-refractivity contribution is -0.127. The largest absolute Gasteiger partial charge is 0.494 e. The molecule has 1 fully saturated rings. The van der Waals surface area contributed by atoms with Crippen molar-refractivity contribution in [2.24, 2.45) is 0 Å². The molecule has 0 bridgehead atoms. The van der Waals surface area contributed by atoms with Gasteiger partial charge in [0, 0.05) is 19.5 Å². The first-order valence-corrected chi connectivity index (χ1v) is 13.5. The highest BCUT2D eigenvalue weighted by molar-refractivity contribution is 5.78. The molecule has 3 aromatic carbocycles. The lowest BCUT2D eigenvalue weighted by Gasteiger charge is -2.17. The molecule has 0 aliphatic carbocycles. The predicted octanol–water partition coefficient (Wildman–Crippen LogP) is 4.43. The molecular formula is C31H33N3O6. The molecule has 1 amide bonds. The van der Waals surface area contributed by atoms with Crippen molar-refractivity contribution >= 4 is 5.91 Å². The van der Waals surface area contributed by atoms with Gasteiger partial charge in [0.1, 0.15) is 18.1 Å². The quantitative estimate of drug-likeness (QED) is 0.281. The second kappa shape index (κ2) is 12.1. The zero-order valence-corrected chi connectivity index (χ0v) is 22.8. The van der Waals surface area contributed by atoms with Crippen molar-refractivity contribution in [3.63, 3.8) is 0 Å². The number of ether oxygens (including phenoxy) is 2. The van der Waals surface area contributed by atoms with Crippen molar-refractivity contribution in [2.75, 3.05) is 19.7 Å². The van der Waals surface area contributed by atoms with Crippen molar-refractivity contribution < 1.29 is 18.8 Å². The second-order valence-corrected chi connectivity index (χ2v) is 10.1. The Morgan fingerprint density at radius 2 is 1.68 bits per heavy atom. The minimum atomic E-state index is -0.773. The number of aromatic nitrogens is 2. The number of aryl methyl sites for hydroxylation is 2. The number of benzene rings is 3. The summed E-state index contributed by atoms with van der Waals surface area (Å²) >= 11 is 0. The molecule has 0 atom stereocenters. The Labute approximate surface area is 231 Å². The number of H-pyrrole nitrogens is 1. The fourth-order valence-electron chi connectivity index (χ4n) is 5.11. The van der Waals surface area contributed by atoms with Crippen LogP contribution in [-0.4, -0.2) is 40.2 Å². The highest BCUT2D eigenvalue weighted by Crippen LogP contribution is 2.32. The summed E-state index contributed by atoms with van der Waals surface area (Å²) in [6, 6.07) is 19.7. The molecule has 0 unspecified atom stereocenters. The van der Waals surface area contributed by atoms with Gasteiger partial charge in [-0.1, -0.05) is 30.3 Å². The van der Waals surface area contributed by atoms with Crippen LogP contribution in [0.1, 0.15) is 41.5 Å². The smallest absolute Gasteiger partial charge is 0.440 e. The molecule has 40 heavy (non-hydrogen) atoms. The number of nitrogens with zero attached hydrogens (tertiary/aromatic N) is 2. The van der Waals surface area contributed by atoms with E-state index < -0.39 is 11.4 Å². The molecule has 1 aliphatic heterocycles. The molecule has 1 saturated heterocycles. The number of aromatic amines is 1. The number of carbonyl (C=O) groups excluding carboxylic acids is 1. The van der Waals surface area contributed by atoms with Gasteiger partial charge in [0.15, 0.2) is 0 Å². The second-order valence-electron chi connectivity index (χ2n) is 10.1. The van der Waals surface area contributed by atoms with E-state index in [0.29, 0.717) is 25.4 Å². The van der Waals surface area contributed by atoms with Crippen LogP contribution >= 0.6 is 0 Å². The van der Waals surface area contributed by atoms with Crippen LogP contribution in [0, 0.1) is 13.8 Å². The van der Waals surface area contributed by atoms with Crippen LogP contribution in [0.5, 0.6) is 11.5 Å². The fourth-order valence-corrected chi connectivity index (χ4v) is 5.11. The third kappa shape index (κ3) is 6.54. The van der Waals surface area contributed by atoms with Gasteiger partial charge in [-0.05, 0) is 90.4 Å². The molecule has 0 saturated carbocycles. The maximum atomic E-state index is 11.8. The van der Waals surface area contributed by atoms with Crippen molar-refractivity contribution in [3.05, 3.63) is 104 Å². The Kier molecular flexibility index (Phi) is 8.19. The van der Waals surface area contributed by atoms with Crippen molar-refractivity contribution in [1.82, 2.24) is 14.6 Å². The summed E-state index contributed by atoms with van der Waals surface area (Å²) in [7, 11) is 0. The van der Waals surface area contributed by atoms with Crippen molar-refractivity contribution in [3.8, 4) is 22.6 Å². The molecule has 0 radical (unpaired) electrons. The Morgan fingerprint density at radius 3 is 2.35 bits per heavy atom. The van der Waals surface area contributed by atoms with Crippen LogP contribution < -0.4 is 20.9 Å². The van der Waals surface area contributed by atoms with Crippen LogP contribution in [0.15, 0.2) is 74.8 Å². The normalized spacial score (nSPS) is 13.2. The van der Waals surface area contributed by atoms with Gasteiger partial charge in [0.05, 0.1) is 13.2 Å². The van der Waals surface area contributed by atoms with Gasteiger partial charge in [-0.3, -0.25) is 4.79 Å². The SMILES string of the molecule is Cc1cc(OCCCN2CCCC2=O)cc(C)c1-c1cccc(COc2ccc(Cn3oc(=O)[nH]c3=O)cc2)c1. The van der Waals surface area contributed by atoms with Crippen LogP contribution in [-0.2, 0) is 17.9 Å². The summed E-state index contributed by atoms with van der Waals surface area (Å²) in [5.74, 6) is 1.02. The van der Waals surface area contributed by atoms with E-state index in [0.717, 1.165) is 64.2 Å². The van der Waals surface area contributed by atoms with E-state index in [2.05, 4.69) is 43.1 Å². The van der Waals surface area contributed by atoms with Crippen molar-refractivity contribution in [1.29, 1.82) is 0 Å². The number of likely N-dealkylation sites (tertiary alicyclic amines) is 1. The summed E-state index contributed by atoms with van der Waals surface area (Å²) in [5, 5.41) is 0. The van der Waals surface area contributed by atoms with Gasteiger partial charge in [-0.15, -0.1) is 4.74 Å². The Hall–Kier alpha value is -4.53. The molecule has 9 heteroatoms. The van der Waals surface area contributed by atoms with Gasteiger partial charge in [-0.2, -0.15) is 0 Å². The van der Waals surface area contributed by atoms with E-state index in [4.69, 9.17) is 14.0 Å². The molecular weight excluding hydrogens is 510 g/mol. The Morgan fingerprint density at radius 1 is 0.900 bits per heavy atom. The highest BCUT2D eigenvalue weighted by atomic mass is 16.5. The Bertz CT molecular complexity index is 1580. The summed E-state index contributed by atoms with van der Waals surface area (Å²) in [5.41, 5.74) is 5.82. The van der Waals surface area contributed by atoms with Crippen LogP contribution in [0.2, 0.25) is 0 Å². The van der Waals surface area contributed by atoms with Gasteiger partial charge in [0.25, 0.3) is 0 Å². The van der Waals surface area contributed by atoms with Crippen LogP contribution in [0.4, 0.5) is 0 Å². The van der Waals surface area contributed by atoms with E-state index in [1.807, 2.05) is 41.3 Å². The number of hydrogen-bond donors (Lipinski definition) is 1. The summed E-state index contributed by atoms with van der Waals surface area (Å²) in [4.78, 5) is 38.6. The molecule has 1 N–H and O–H groups in total. The third-order valence-electron chi connectivity index (χ3n) is 7.02. The molecule has 208 valence electrons. The number of rotatable bonds is 11. The van der Waals surface area contributed by atoms with Gasteiger partial charge in [-0.25, -0.2) is 14.6 Å². The standard InChI is InChI=1S/C31H33N3O6/c1-21-16-27(38-15-5-14-33-13-4-8-28(33)35)17-22(2)29(21)25-7-3-6-24(18-25)20-39-26-11-9-23(10-12-26)19-34-30(36)32-31(37)40-34/h3,6-7,9-12,16-18H,4-5,8,13-15,19-20H2,1-2H3,(H,32,36,37). The number of amides is 1. The highest BCUT2D eigenvalue weighted by Gasteiger charge is 2.19. The summed E-state index contributed by atoms with van der Waals surface area (Å²) < 4.78 is 17.8. The minimum Gasteiger partial charge on any atom is -0.494 e. The molecule has 0 spiro atoms. The summed E-state index contributed by atoms with van der Waals surface area (Å²) in [6.07, 6.45) is 2.45. The van der Waals surface area contributed by atoms with Crippen LogP contribution in [0.25, 0.3) is 11.1 Å². The minimum absolute atomic E-state index is 0.155. The number of nitrogens with one attached hydrogen (secondary N) is 1. The first-order chi connectivity index (χ1) is 19.4. The van der Waals surface area contributed by atoms with E-state index in [9.17, 15) is 14.4 Å². The third-order valence-corrected chi connectivity index (χ3v) is 7.02. The average Bonchev–Trinajstić information content (AvgIpc) is 3.48. The van der Waals surface area contributed by atoms with Crippen molar-refractivity contribution in [2.45, 2.75) is 46.3 Å². The first kappa shape index (κ1) is 27.1. The molecule has 9 nitrogen and oxygen atoms in total. The lowest BCUT2D eigenvalue weighted by Crippen LogP contribution is -2.26. The number of carbonyl (C=O) groups is 1. The fraction of sp³-hybridized carbons (Fsp3) is 0.323. The number of hydrogen-bond acceptors (Lipinski definition) is 6. The predicted molar refractivity (Wildman–Crippen MR) is 151 cm³/mol. The van der Waals surface area contributed by atoms with Gasteiger partial charge < -0.3 is 18.9 Å². The Balaban J connectivity index is 1.18. The van der Waals surface area contributed by atoms with Gasteiger partial charge in [0.2, 0.25) is 5.91 Å². The zero-order valence-electron chi connectivity index (χ0n) is 22.8. The summed E-state index contributed by atoms with van der Waals surface area (Å²) in [6.45, 7) is 6.94. The van der Waals surface area contributed by atoms with E-state index in [1.165, 1.54) is 5.56 Å². The zero-order chi connectivity index (χ0) is 28.1. The van der Waals surface area contributed by atoms with E-state index in [-0.39, 0.29) is 12.5 Å². The van der Waals surface area contributed by atoms with E-state index in [1.54, 1.807) is 0 Å². The maximum absolute atomic E-state index is 11.8. The van der Waals surface area contributed by atoms with Gasteiger partial charge >= 0.3 is 11.4 Å². The van der Waals surface area contributed by atoms with Crippen LogP contribution in [0.3, 0.4) is 0 Å². The topological polar surface area (TPSA) is 107 Å². The maximum Gasteiger partial charge on any atom is 0.440 e. The van der Waals surface area contributed by atoms with E-state index >= 15 is 0 Å². The first-order valence-electron chi connectivity index (χ1n) is 13.5. The molecule has 1 aromatic heterocycles. The molecule has 1 aliphatic rings. The average molecular weight is 544 g/mol. The molecule has 2 heterocycles. The molecule has 5 rings (SSSR count). The monoisotopic (exact) mass is 543 g/mol. The lowest BCUT2D eigenvalue weighted by atomic mass is 9.94. The molecule has 4 aromatic rings.